The summed E-state index contributed by atoms with van der Waals surface area (Å²) in [7, 11) is 0. The van der Waals surface area contributed by atoms with Gasteiger partial charge in [-0.1, -0.05) is 38.1 Å². The van der Waals surface area contributed by atoms with Gasteiger partial charge in [-0.05, 0) is 61.8 Å². The number of nitrogens with zero attached hydrogens (tertiary/aromatic N) is 2. The Hall–Kier alpha value is -3.21. The summed E-state index contributed by atoms with van der Waals surface area (Å²) >= 11 is 0. The lowest BCUT2D eigenvalue weighted by molar-refractivity contribution is -0.186. The number of aromatic nitrogens is 2. The van der Waals surface area contributed by atoms with Crippen molar-refractivity contribution < 1.29 is 14.6 Å². The summed E-state index contributed by atoms with van der Waals surface area (Å²) < 4.78 is 6.22. The summed E-state index contributed by atoms with van der Waals surface area (Å²) in [4.78, 5) is 19.6. The van der Waals surface area contributed by atoms with Crippen molar-refractivity contribution in [2.75, 3.05) is 5.32 Å². The van der Waals surface area contributed by atoms with Crippen LogP contribution in [0, 0.1) is 16.7 Å². The van der Waals surface area contributed by atoms with Gasteiger partial charge in [0.05, 0.1) is 23.0 Å². The van der Waals surface area contributed by atoms with E-state index >= 15 is 0 Å². The average Bonchev–Trinajstić information content (AvgIpc) is 3.35. The van der Waals surface area contributed by atoms with Crippen LogP contribution < -0.4 is 5.32 Å². The van der Waals surface area contributed by atoms with E-state index in [1.807, 2.05) is 38.1 Å². The molecule has 1 aromatic heterocycles. The molecule has 0 spiro atoms. The van der Waals surface area contributed by atoms with E-state index in [1.54, 1.807) is 0 Å². The molecule has 2 bridgehead atoms. The van der Waals surface area contributed by atoms with Crippen molar-refractivity contribution >= 4 is 17.2 Å². The molecule has 5 rings (SSSR count). The van der Waals surface area contributed by atoms with Crippen LogP contribution in [0.5, 0.6) is 0 Å². The van der Waals surface area contributed by atoms with Crippen LogP contribution in [0.4, 0.5) is 5.69 Å². The summed E-state index contributed by atoms with van der Waals surface area (Å²) in [6.07, 6.45) is 11.5. The SMILES string of the molecule is CC1(C)CC=C(c2cc(C3(O)C[C@]4(C)C=C[C@@](C)(C3)O4)ccc2NC(=O)c2ncc(C#N)[nH]2)CC1. The number of benzene rings is 1. The number of carbonyl (C=O) groups is 1. The molecule has 182 valence electrons. The third-order valence-electron chi connectivity index (χ3n) is 7.58. The fourth-order valence-corrected chi connectivity index (χ4v) is 5.78. The molecule has 3 heterocycles. The smallest absolute Gasteiger partial charge is 0.291 e. The summed E-state index contributed by atoms with van der Waals surface area (Å²) in [5.74, 6) is -0.328. The number of hydrogen-bond acceptors (Lipinski definition) is 5. The third-order valence-corrected chi connectivity index (χ3v) is 7.58. The fraction of sp³-hybridized carbons (Fsp3) is 0.464. The molecule has 0 saturated carbocycles. The van der Waals surface area contributed by atoms with E-state index in [4.69, 9.17) is 10.00 Å². The van der Waals surface area contributed by atoms with Crippen molar-refractivity contribution in [1.82, 2.24) is 9.97 Å². The van der Waals surface area contributed by atoms with E-state index in [1.165, 1.54) is 6.20 Å². The van der Waals surface area contributed by atoms with Crippen LogP contribution in [-0.4, -0.2) is 32.2 Å². The minimum atomic E-state index is -1.06. The molecule has 35 heavy (non-hydrogen) atoms. The average molecular weight is 473 g/mol. The third kappa shape index (κ3) is 4.44. The van der Waals surface area contributed by atoms with Gasteiger partial charge in [0.2, 0.25) is 0 Å². The van der Waals surface area contributed by atoms with Crippen molar-refractivity contribution in [3.8, 4) is 6.07 Å². The molecule has 7 nitrogen and oxygen atoms in total. The van der Waals surface area contributed by atoms with Crippen molar-refractivity contribution in [3.63, 3.8) is 0 Å². The Labute approximate surface area is 205 Å². The van der Waals surface area contributed by atoms with Crippen LogP contribution in [0.25, 0.3) is 5.57 Å². The van der Waals surface area contributed by atoms with Crippen LogP contribution >= 0.6 is 0 Å². The molecule has 2 aromatic rings. The van der Waals surface area contributed by atoms with Gasteiger partial charge in [0.15, 0.2) is 5.82 Å². The minimum absolute atomic E-state index is 0.0851. The number of amides is 1. The van der Waals surface area contributed by atoms with E-state index in [0.29, 0.717) is 18.5 Å². The predicted octanol–water partition coefficient (Wildman–Crippen LogP) is 5.21. The molecule has 1 amide bonds. The molecular formula is C28H32N4O3. The molecule has 0 unspecified atom stereocenters. The highest BCUT2D eigenvalue weighted by Gasteiger charge is 2.53. The number of aromatic amines is 1. The standard InChI is InChI=1S/C28H32N4O3/c1-25(2)9-7-18(8-10-25)21-13-19(28(34)16-26(3)11-12-27(4,17-28)35-26)5-6-22(21)32-24(33)23-30-15-20(14-29)31-23/h5-7,11-13,15,34H,8-10,16-17H2,1-4H3,(H,30,31)(H,32,33)/t26-,27-/m0/s1. The number of rotatable bonds is 4. The fourth-order valence-electron chi connectivity index (χ4n) is 5.78. The second kappa shape index (κ2) is 7.91. The monoisotopic (exact) mass is 472 g/mol. The molecule has 1 saturated heterocycles. The Balaban J connectivity index is 1.52. The first-order valence-corrected chi connectivity index (χ1v) is 12.2. The Bertz CT molecular complexity index is 1280. The number of ether oxygens (including phenoxy) is 1. The van der Waals surface area contributed by atoms with E-state index in [-0.39, 0.29) is 16.9 Å². The van der Waals surface area contributed by atoms with E-state index < -0.39 is 22.7 Å². The zero-order valence-electron chi connectivity index (χ0n) is 20.7. The van der Waals surface area contributed by atoms with Crippen molar-refractivity contribution in [1.29, 1.82) is 5.26 Å². The highest BCUT2D eigenvalue weighted by atomic mass is 16.5. The second-order valence-electron chi connectivity index (χ2n) is 11.5. The zero-order valence-corrected chi connectivity index (χ0v) is 20.7. The van der Waals surface area contributed by atoms with E-state index in [0.717, 1.165) is 36.0 Å². The molecule has 3 N–H and O–H groups in total. The lowest BCUT2D eigenvalue weighted by Crippen LogP contribution is -2.49. The first kappa shape index (κ1) is 23.5. The molecule has 7 heteroatoms. The first-order chi connectivity index (χ1) is 16.4. The number of imidazole rings is 1. The molecule has 1 fully saturated rings. The lowest BCUT2D eigenvalue weighted by atomic mass is 9.74. The highest BCUT2D eigenvalue weighted by molar-refractivity contribution is 6.03. The highest BCUT2D eigenvalue weighted by Crippen LogP contribution is 2.52. The number of nitriles is 1. The molecule has 2 atom stereocenters. The number of fused-ring (bicyclic) bond motifs is 2. The summed E-state index contributed by atoms with van der Waals surface area (Å²) in [6.45, 7) is 8.55. The van der Waals surface area contributed by atoms with Gasteiger partial charge in [-0.15, -0.1) is 0 Å². The molecule has 1 aliphatic carbocycles. The van der Waals surface area contributed by atoms with Gasteiger partial charge in [-0.25, -0.2) is 4.98 Å². The van der Waals surface area contributed by atoms with Crippen LogP contribution in [0.2, 0.25) is 0 Å². The Morgan fingerprint density at radius 3 is 2.51 bits per heavy atom. The summed E-state index contributed by atoms with van der Waals surface area (Å²) in [5, 5.41) is 23.9. The lowest BCUT2D eigenvalue weighted by Gasteiger charge is -2.46. The second-order valence-corrected chi connectivity index (χ2v) is 11.5. The van der Waals surface area contributed by atoms with Crippen molar-refractivity contribution in [2.45, 2.75) is 76.6 Å². The molecule has 3 aliphatic rings. The molecular weight excluding hydrogens is 440 g/mol. The minimum Gasteiger partial charge on any atom is -0.385 e. The quantitative estimate of drug-likeness (QED) is 0.529. The maximum absolute atomic E-state index is 12.9. The maximum atomic E-state index is 12.9. The van der Waals surface area contributed by atoms with Crippen LogP contribution in [0.3, 0.4) is 0 Å². The zero-order chi connectivity index (χ0) is 25.1. The number of anilines is 1. The van der Waals surface area contributed by atoms with Gasteiger partial charge < -0.3 is 20.1 Å². The van der Waals surface area contributed by atoms with Crippen molar-refractivity contribution in [3.05, 3.63) is 65.3 Å². The van der Waals surface area contributed by atoms with Crippen LogP contribution in [0.15, 0.2) is 42.6 Å². The number of hydrogen-bond donors (Lipinski definition) is 3. The first-order valence-electron chi connectivity index (χ1n) is 12.2. The van der Waals surface area contributed by atoms with Crippen molar-refractivity contribution in [2.24, 2.45) is 5.41 Å². The Morgan fingerprint density at radius 2 is 1.91 bits per heavy atom. The predicted molar refractivity (Wildman–Crippen MR) is 133 cm³/mol. The van der Waals surface area contributed by atoms with Gasteiger partial charge in [0.1, 0.15) is 11.8 Å². The number of allylic oxidation sites excluding steroid dienone is 2. The van der Waals surface area contributed by atoms with E-state index in [2.05, 4.69) is 47.4 Å². The molecule has 1 aromatic carbocycles. The number of nitrogens with one attached hydrogen (secondary N) is 2. The Morgan fingerprint density at radius 1 is 1.20 bits per heavy atom. The normalized spacial score (nSPS) is 31.0. The van der Waals surface area contributed by atoms with E-state index in [9.17, 15) is 9.90 Å². The van der Waals surface area contributed by atoms with Gasteiger partial charge in [-0.3, -0.25) is 4.79 Å². The summed E-state index contributed by atoms with van der Waals surface area (Å²) in [5.41, 5.74) is 1.94. The van der Waals surface area contributed by atoms with Crippen LogP contribution in [0.1, 0.15) is 87.2 Å². The topological polar surface area (TPSA) is 111 Å². The molecule has 0 radical (unpaired) electrons. The van der Waals surface area contributed by atoms with Gasteiger partial charge in [0, 0.05) is 24.1 Å². The van der Waals surface area contributed by atoms with Gasteiger partial charge >= 0.3 is 0 Å². The number of carbonyl (C=O) groups excluding carboxylic acids is 1. The van der Waals surface area contributed by atoms with Gasteiger partial charge in [0.25, 0.3) is 5.91 Å². The van der Waals surface area contributed by atoms with Crippen LogP contribution in [-0.2, 0) is 10.3 Å². The molecule has 2 aliphatic heterocycles. The number of H-pyrrole nitrogens is 1. The maximum Gasteiger partial charge on any atom is 0.291 e. The largest absolute Gasteiger partial charge is 0.385 e. The Kier molecular flexibility index (Phi) is 5.31. The van der Waals surface area contributed by atoms with Gasteiger partial charge in [-0.2, -0.15) is 5.26 Å². The number of aliphatic hydroxyl groups is 1. The summed E-state index contributed by atoms with van der Waals surface area (Å²) in [6, 6.07) is 7.74.